The second kappa shape index (κ2) is 8.29. The van der Waals surface area contributed by atoms with Crippen LogP contribution in [0.3, 0.4) is 0 Å². The number of nitrogens with one attached hydrogen (secondary N) is 1. The van der Waals surface area contributed by atoms with Crippen molar-refractivity contribution in [3.8, 4) is 0 Å². The van der Waals surface area contributed by atoms with Crippen molar-refractivity contribution in [1.29, 1.82) is 0 Å². The molecule has 124 valence electrons. The number of halogens is 2. The number of carbonyl (C=O) groups is 1. The molecule has 1 amide bonds. The Labute approximate surface area is 155 Å². The molecule has 0 aliphatic heterocycles. The van der Waals surface area contributed by atoms with Gasteiger partial charge in [-0.25, -0.2) is 0 Å². The Morgan fingerprint density at radius 2 is 2.09 bits per heavy atom. The van der Waals surface area contributed by atoms with E-state index in [-0.39, 0.29) is 5.91 Å². The number of allylic oxidation sites excluding steroid dienone is 3. The Morgan fingerprint density at radius 1 is 1.35 bits per heavy atom. The van der Waals surface area contributed by atoms with Crippen LogP contribution in [0.4, 0.5) is 0 Å². The molecule has 1 fully saturated rings. The summed E-state index contributed by atoms with van der Waals surface area (Å²) in [5.74, 6) is 1.63. The first-order valence-electron chi connectivity index (χ1n) is 7.96. The smallest absolute Gasteiger partial charge is 0.244 e. The van der Waals surface area contributed by atoms with E-state index in [1.807, 2.05) is 6.92 Å². The SMILES string of the molecule is CC(/C=C/[C@@H]1C[C@H]1c1ccc(Br)c(Br)c1)=C\C(=O)NCC(C)C. The van der Waals surface area contributed by atoms with Crippen molar-refractivity contribution in [2.75, 3.05) is 6.54 Å². The molecule has 0 saturated heterocycles. The summed E-state index contributed by atoms with van der Waals surface area (Å²) in [4.78, 5) is 11.7. The van der Waals surface area contributed by atoms with Gasteiger partial charge >= 0.3 is 0 Å². The number of hydrogen-bond acceptors (Lipinski definition) is 1. The zero-order valence-corrected chi connectivity index (χ0v) is 16.9. The summed E-state index contributed by atoms with van der Waals surface area (Å²) in [6, 6.07) is 6.45. The molecular formula is C19H23Br2NO. The van der Waals surface area contributed by atoms with Gasteiger partial charge in [-0.05, 0) is 86.2 Å². The molecule has 0 unspecified atom stereocenters. The maximum Gasteiger partial charge on any atom is 0.244 e. The van der Waals surface area contributed by atoms with E-state index in [1.54, 1.807) is 6.08 Å². The third-order valence-electron chi connectivity index (χ3n) is 3.86. The number of benzene rings is 1. The highest BCUT2D eigenvalue weighted by atomic mass is 79.9. The van der Waals surface area contributed by atoms with Crippen LogP contribution in [-0.4, -0.2) is 12.5 Å². The zero-order chi connectivity index (χ0) is 17.0. The number of rotatable bonds is 6. The predicted molar refractivity (Wildman–Crippen MR) is 103 cm³/mol. The van der Waals surface area contributed by atoms with Gasteiger partial charge < -0.3 is 5.32 Å². The highest BCUT2D eigenvalue weighted by molar-refractivity contribution is 9.13. The number of carbonyl (C=O) groups excluding carboxylic acids is 1. The molecule has 1 saturated carbocycles. The van der Waals surface area contributed by atoms with E-state index >= 15 is 0 Å². The van der Waals surface area contributed by atoms with Crippen molar-refractivity contribution in [2.24, 2.45) is 11.8 Å². The average Bonchev–Trinajstić information content (AvgIpc) is 3.25. The van der Waals surface area contributed by atoms with Crippen molar-refractivity contribution in [3.63, 3.8) is 0 Å². The second-order valence-corrected chi connectivity index (χ2v) is 8.27. The van der Waals surface area contributed by atoms with Gasteiger partial charge in [0, 0.05) is 21.6 Å². The molecule has 1 aliphatic rings. The lowest BCUT2D eigenvalue weighted by Crippen LogP contribution is -2.25. The first kappa shape index (κ1) is 18.5. The van der Waals surface area contributed by atoms with Gasteiger partial charge in [0.05, 0.1) is 0 Å². The molecule has 0 heterocycles. The Balaban J connectivity index is 1.87. The van der Waals surface area contributed by atoms with Crippen molar-refractivity contribution in [2.45, 2.75) is 33.1 Å². The molecular weight excluding hydrogens is 418 g/mol. The van der Waals surface area contributed by atoms with Crippen molar-refractivity contribution >= 4 is 37.8 Å². The number of hydrogen-bond donors (Lipinski definition) is 1. The molecule has 1 aromatic rings. The predicted octanol–water partition coefficient (Wildman–Crippen LogP) is 5.59. The molecule has 2 atom stereocenters. The van der Waals surface area contributed by atoms with Gasteiger partial charge in [0.2, 0.25) is 5.91 Å². The molecule has 0 spiro atoms. The number of amides is 1. The van der Waals surface area contributed by atoms with Gasteiger partial charge in [0.25, 0.3) is 0 Å². The first-order chi connectivity index (χ1) is 10.9. The summed E-state index contributed by atoms with van der Waals surface area (Å²) in [6.45, 7) is 6.86. The van der Waals surface area contributed by atoms with E-state index < -0.39 is 0 Å². The molecule has 23 heavy (non-hydrogen) atoms. The monoisotopic (exact) mass is 439 g/mol. The van der Waals surface area contributed by atoms with Gasteiger partial charge in [-0.3, -0.25) is 4.79 Å². The third-order valence-corrected chi connectivity index (χ3v) is 5.74. The fourth-order valence-electron chi connectivity index (χ4n) is 2.44. The minimum absolute atomic E-state index is 0.00922. The molecule has 0 aromatic heterocycles. The minimum atomic E-state index is -0.00922. The quantitative estimate of drug-likeness (QED) is 0.453. The Hall–Kier alpha value is -0.870. The topological polar surface area (TPSA) is 29.1 Å². The zero-order valence-electron chi connectivity index (χ0n) is 13.8. The van der Waals surface area contributed by atoms with Gasteiger partial charge in [-0.1, -0.05) is 32.1 Å². The summed E-state index contributed by atoms with van der Waals surface area (Å²) in [6.07, 6.45) is 7.14. The lowest BCUT2D eigenvalue weighted by Gasteiger charge is -2.04. The average molecular weight is 441 g/mol. The maximum atomic E-state index is 11.7. The highest BCUT2D eigenvalue weighted by Gasteiger charge is 2.36. The largest absolute Gasteiger partial charge is 0.352 e. The van der Waals surface area contributed by atoms with E-state index in [1.165, 1.54) is 12.0 Å². The van der Waals surface area contributed by atoms with Crippen LogP contribution in [0.25, 0.3) is 0 Å². The maximum absolute atomic E-state index is 11.7. The van der Waals surface area contributed by atoms with E-state index in [9.17, 15) is 4.79 Å². The highest BCUT2D eigenvalue weighted by Crippen LogP contribution is 2.49. The summed E-state index contributed by atoms with van der Waals surface area (Å²) in [5.41, 5.74) is 2.36. The first-order valence-corrected chi connectivity index (χ1v) is 9.54. The van der Waals surface area contributed by atoms with Crippen molar-refractivity contribution in [3.05, 3.63) is 56.5 Å². The molecule has 1 N–H and O–H groups in total. The Bertz CT molecular complexity index is 634. The van der Waals surface area contributed by atoms with Gasteiger partial charge in [-0.15, -0.1) is 0 Å². The van der Waals surface area contributed by atoms with Crippen LogP contribution in [0, 0.1) is 11.8 Å². The van der Waals surface area contributed by atoms with E-state index in [2.05, 4.69) is 81.4 Å². The van der Waals surface area contributed by atoms with Crippen LogP contribution in [0.15, 0.2) is 50.9 Å². The summed E-state index contributed by atoms with van der Waals surface area (Å²) in [7, 11) is 0. The summed E-state index contributed by atoms with van der Waals surface area (Å²) >= 11 is 7.06. The molecule has 2 nitrogen and oxygen atoms in total. The summed E-state index contributed by atoms with van der Waals surface area (Å²) < 4.78 is 2.18. The molecule has 0 bridgehead atoms. The molecule has 0 radical (unpaired) electrons. The van der Waals surface area contributed by atoms with E-state index in [0.717, 1.165) is 21.1 Å². The minimum Gasteiger partial charge on any atom is -0.352 e. The van der Waals surface area contributed by atoms with Crippen LogP contribution in [0.2, 0.25) is 0 Å². The van der Waals surface area contributed by atoms with Crippen molar-refractivity contribution in [1.82, 2.24) is 5.32 Å². The lowest BCUT2D eigenvalue weighted by atomic mass is 10.1. The third kappa shape index (κ3) is 5.92. The van der Waals surface area contributed by atoms with Gasteiger partial charge in [-0.2, -0.15) is 0 Å². The molecule has 2 rings (SSSR count). The van der Waals surface area contributed by atoms with Gasteiger partial charge in [0.15, 0.2) is 0 Å². The summed E-state index contributed by atoms with van der Waals surface area (Å²) in [5, 5.41) is 2.90. The molecule has 1 aliphatic carbocycles. The lowest BCUT2D eigenvalue weighted by molar-refractivity contribution is -0.116. The van der Waals surface area contributed by atoms with Crippen LogP contribution in [0.1, 0.15) is 38.7 Å². The van der Waals surface area contributed by atoms with E-state index in [4.69, 9.17) is 0 Å². The second-order valence-electron chi connectivity index (χ2n) is 6.57. The van der Waals surface area contributed by atoms with Crippen LogP contribution in [-0.2, 0) is 4.79 Å². The Morgan fingerprint density at radius 3 is 2.74 bits per heavy atom. The normalized spacial score (nSPS) is 21.0. The fraction of sp³-hybridized carbons (Fsp3) is 0.421. The van der Waals surface area contributed by atoms with E-state index in [0.29, 0.717) is 17.8 Å². The molecule has 4 heteroatoms. The van der Waals surface area contributed by atoms with Crippen LogP contribution in [0.5, 0.6) is 0 Å². The molecule has 1 aromatic carbocycles. The van der Waals surface area contributed by atoms with Crippen LogP contribution < -0.4 is 5.32 Å². The van der Waals surface area contributed by atoms with Crippen LogP contribution >= 0.6 is 31.9 Å². The van der Waals surface area contributed by atoms with Crippen molar-refractivity contribution < 1.29 is 4.79 Å². The van der Waals surface area contributed by atoms with Gasteiger partial charge in [0.1, 0.15) is 0 Å². The Kier molecular flexibility index (Phi) is 6.66. The fourth-order valence-corrected chi connectivity index (χ4v) is 3.08. The standard InChI is InChI=1S/C19H23Br2NO/c1-12(2)11-22-19(23)8-13(3)4-5-14-9-16(14)15-6-7-17(20)18(21)10-15/h4-8,10,12,14,16H,9,11H2,1-3H3,(H,22,23)/b5-4+,13-8+/t14-,16-/m1/s1.